The number of nitrogen functional groups attached to an aromatic ring is 1. The second-order valence-electron chi connectivity index (χ2n) is 4.05. The second-order valence-corrected chi connectivity index (χ2v) is 4.86. The zero-order valence-electron chi connectivity index (χ0n) is 8.95. The van der Waals surface area contributed by atoms with Gasteiger partial charge in [0.05, 0.1) is 15.7 Å². The maximum absolute atomic E-state index is 6.02. The van der Waals surface area contributed by atoms with Crippen LogP contribution in [0.1, 0.15) is 12.2 Å². The van der Waals surface area contributed by atoms with E-state index in [2.05, 4.69) is 14.8 Å². The topological polar surface area (TPSA) is 56.7 Å². The third kappa shape index (κ3) is 1.68. The molecule has 2 N–H and O–H groups in total. The molecule has 0 amide bonds. The molecule has 0 aliphatic carbocycles. The van der Waals surface area contributed by atoms with E-state index in [0.717, 1.165) is 36.6 Å². The summed E-state index contributed by atoms with van der Waals surface area (Å²) in [6, 6.07) is 3.55. The van der Waals surface area contributed by atoms with Crippen LogP contribution >= 0.6 is 23.2 Å². The predicted octanol–water partition coefficient (Wildman–Crippen LogP) is 2.78. The molecular formula is C11H10Cl2N4. The first-order chi connectivity index (χ1) is 8.16. The fourth-order valence-corrected chi connectivity index (χ4v) is 2.56. The number of hydrogen-bond donors (Lipinski definition) is 1. The molecule has 2 aromatic rings. The Morgan fingerprint density at radius 1 is 1.18 bits per heavy atom. The van der Waals surface area contributed by atoms with Gasteiger partial charge in [0.2, 0.25) is 0 Å². The van der Waals surface area contributed by atoms with E-state index in [-0.39, 0.29) is 0 Å². The van der Waals surface area contributed by atoms with E-state index in [1.165, 1.54) is 0 Å². The first-order valence-electron chi connectivity index (χ1n) is 5.34. The molecule has 0 saturated carbocycles. The molecule has 6 heteroatoms. The predicted molar refractivity (Wildman–Crippen MR) is 68.2 cm³/mol. The minimum absolute atomic E-state index is 0.401. The third-order valence-electron chi connectivity index (χ3n) is 2.95. The zero-order chi connectivity index (χ0) is 12.0. The van der Waals surface area contributed by atoms with Crippen LogP contribution in [0, 0.1) is 0 Å². The van der Waals surface area contributed by atoms with E-state index in [9.17, 15) is 0 Å². The number of anilines is 1. The lowest BCUT2D eigenvalue weighted by Crippen LogP contribution is -1.97. The van der Waals surface area contributed by atoms with Crippen molar-refractivity contribution >= 4 is 28.9 Å². The first-order valence-corrected chi connectivity index (χ1v) is 6.09. The molecule has 1 aliphatic rings. The highest BCUT2D eigenvalue weighted by atomic mass is 35.5. The molecule has 2 heterocycles. The molecule has 0 bridgehead atoms. The van der Waals surface area contributed by atoms with Crippen molar-refractivity contribution < 1.29 is 0 Å². The molecule has 88 valence electrons. The summed E-state index contributed by atoms with van der Waals surface area (Å²) >= 11 is 12.0. The minimum Gasteiger partial charge on any atom is -0.396 e. The van der Waals surface area contributed by atoms with Crippen molar-refractivity contribution in [2.45, 2.75) is 19.4 Å². The molecule has 1 aliphatic heterocycles. The van der Waals surface area contributed by atoms with Gasteiger partial charge in [-0.2, -0.15) is 0 Å². The molecule has 0 fully saturated rings. The van der Waals surface area contributed by atoms with Crippen LogP contribution < -0.4 is 5.73 Å². The van der Waals surface area contributed by atoms with Gasteiger partial charge in [-0.05, 0) is 18.6 Å². The number of nitrogens with two attached hydrogens (primary N) is 1. The van der Waals surface area contributed by atoms with Crippen molar-refractivity contribution in [3.63, 3.8) is 0 Å². The van der Waals surface area contributed by atoms with Gasteiger partial charge in [-0.3, -0.25) is 0 Å². The maximum atomic E-state index is 6.02. The number of aryl methyl sites for hydroxylation is 1. The Morgan fingerprint density at radius 2 is 1.88 bits per heavy atom. The van der Waals surface area contributed by atoms with Gasteiger partial charge in [0.1, 0.15) is 5.82 Å². The van der Waals surface area contributed by atoms with Crippen molar-refractivity contribution in [3.8, 4) is 11.4 Å². The second kappa shape index (κ2) is 3.89. The number of fused-ring (bicyclic) bond motifs is 1. The van der Waals surface area contributed by atoms with Crippen LogP contribution in [-0.4, -0.2) is 14.8 Å². The minimum atomic E-state index is 0.401. The monoisotopic (exact) mass is 268 g/mol. The number of nitrogens with zero attached hydrogens (tertiary/aromatic N) is 3. The van der Waals surface area contributed by atoms with Crippen LogP contribution in [0.4, 0.5) is 5.69 Å². The quantitative estimate of drug-likeness (QED) is 0.810. The number of rotatable bonds is 1. The van der Waals surface area contributed by atoms with Crippen molar-refractivity contribution in [2.24, 2.45) is 0 Å². The molecule has 0 spiro atoms. The molecule has 1 aromatic carbocycles. The highest BCUT2D eigenvalue weighted by Crippen LogP contribution is 2.33. The maximum Gasteiger partial charge on any atom is 0.164 e. The van der Waals surface area contributed by atoms with Gasteiger partial charge >= 0.3 is 0 Å². The SMILES string of the molecule is Nc1c(Cl)cc(-c2nnc3n2CCC3)cc1Cl. The first kappa shape index (κ1) is 10.9. The molecule has 0 atom stereocenters. The Hall–Kier alpha value is -1.26. The smallest absolute Gasteiger partial charge is 0.164 e. The Labute approximate surface area is 108 Å². The zero-order valence-corrected chi connectivity index (χ0v) is 10.5. The number of aromatic nitrogens is 3. The molecule has 0 saturated heterocycles. The van der Waals surface area contributed by atoms with E-state index in [4.69, 9.17) is 28.9 Å². The summed E-state index contributed by atoms with van der Waals surface area (Å²) in [6.07, 6.45) is 2.08. The summed E-state index contributed by atoms with van der Waals surface area (Å²) in [7, 11) is 0. The summed E-state index contributed by atoms with van der Waals surface area (Å²) in [6.45, 7) is 0.942. The number of benzene rings is 1. The number of hydrogen-bond acceptors (Lipinski definition) is 3. The Morgan fingerprint density at radius 3 is 2.59 bits per heavy atom. The van der Waals surface area contributed by atoms with Crippen LogP contribution in [0.15, 0.2) is 12.1 Å². The van der Waals surface area contributed by atoms with Gasteiger partial charge in [0.25, 0.3) is 0 Å². The summed E-state index contributed by atoms with van der Waals surface area (Å²) < 4.78 is 2.10. The van der Waals surface area contributed by atoms with Crippen molar-refractivity contribution in [3.05, 3.63) is 28.0 Å². The van der Waals surface area contributed by atoms with Crippen LogP contribution in [0.3, 0.4) is 0 Å². The lowest BCUT2D eigenvalue weighted by molar-refractivity contribution is 0.748. The fourth-order valence-electron chi connectivity index (χ4n) is 2.08. The average molecular weight is 269 g/mol. The van der Waals surface area contributed by atoms with E-state index >= 15 is 0 Å². The highest BCUT2D eigenvalue weighted by molar-refractivity contribution is 6.39. The summed E-state index contributed by atoms with van der Waals surface area (Å²) in [5.41, 5.74) is 6.97. The molecule has 4 nitrogen and oxygen atoms in total. The van der Waals surface area contributed by atoms with Crippen LogP contribution in [0.25, 0.3) is 11.4 Å². The molecule has 3 rings (SSSR count). The lowest BCUT2D eigenvalue weighted by atomic mass is 10.2. The lowest BCUT2D eigenvalue weighted by Gasteiger charge is -2.06. The largest absolute Gasteiger partial charge is 0.396 e. The summed E-state index contributed by atoms with van der Waals surface area (Å²) in [5, 5.41) is 9.22. The third-order valence-corrected chi connectivity index (χ3v) is 3.57. The van der Waals surface area contributed by atoms with Gasteiger partial charge in [0, 0.05) is 18.5 Å². The van der Waals surface area contributed by atoms with E-state index in [1.54, 1.807) is 12.1 Å². The Kier molecular flexibility index (Phi) is 2.49. The fraction of sp³-hybridized carbons (Fsp3) is 0.273. The Balaban J connectivity index is 2.15. The van der Waals surface area contributed by atoms with Crippen molar-refractivity contribution in [1.82, 2.24) is 14.8 Å². The van der Waals surface area contributed by atoms with Gasteiger partial charge in [-0.1, -0.05) is 23.2 Å². The molecule has 0 unspecified atom stereocenters. The van der Waals surface area contributed by atoms with Gasteiger partial charge in [-0.25, -0.2) is 0 Å². The summed E-state index contributed by atoms with van der Waals surface area (Å²) in [5.74, 6) is 1.82. The van der Waals surface area contributed by atoms with E-state index in [1.807, 2.05) is 0 Å². The summed E-state index contributed by atoms with van der Waals surface area (Å²) in [4.78, 5) is 0. The van der Waals surface area contributed by atoms with Crippen molar-refractivity contribution in [1.29, 1.82) is 0 Å². The van der Waals surface area contributed by atoms with Crippen LogP contribution in [-0.2, 0) is 13.0 Å². The van der Waals surface area contributed by atoms with Crippen molar-refractivity contribution in [2.75, 3.05) is 5.73 Å². The highest BCUT2D eigenvalue weighted by Gasteiger charge is 2.19. The molecule has 0 radical (unpaired) electrons. The van der Waals surface area contributed by atoms with Crippen LogP contribution in [0.5, 0.6) is 0 Å². The normalized spacial score (nSPS) is 14.0. The van der Waals surface area contributed by atoms with E-state index in [0.29, 0.717) is 15.7 Å². The van der Waals surface area contributed by atoms with E-state index < -0.39 is 0 Å². The van der Waals surface area contributed by atoms with Gasteiger partial charge < -0.3 is 10.3 Å². The molecule has 1 aromatic heterocycles. The van der Waals surface area contributed by atoms with Gasteiger partial charge in [-0.15, -0.1) is 10.2 Å². The average Bonchev–Trinajstić information content (AvgIpc) is 2.86. The number of halogens is 2. The standard InChI is InChI=1S/C11H10Cl2N4/c12-7-4-6(5-8(13)10(7)14)11-16-15-9-2-1-3-17(9)11/h4-5H,1-3,14H2. The van der Waals surface area contributed by atoms with Gasteiger partial charge in [0.15, 0.2) is 5.82 Å². The van der Waals surface area contributed by atoms with Crippen LogP contribution in [0.2, 0.25) is 10.0 Å². The Bertz CT molecular complexity index is 568. The molecular weight excluding hydrogens is 259 g/mol. The molecule has 17 heavy (non-hydrogen) atoms.